The van der Waals surface area contributed by atoms with Crippen molar-refractivity contribution in [1.82, 2.24) is 24.5 Å². The average Bonchev–Trinajstić information content (AvgIpc) is 3.12. The molecule has 1 aliphatic rings. The molecule has 27 heavy (non-hydrogen) atoms. The number of nitrogen functional groups attached to an aromatic ring is 1. The van der Waals surface area contributed by atoms with E-state index in [2.05, 4.69) is 15.1 Å². The first-order chi connectivity index (χ1) is 13.0. The van der Waals surface area contributed by atoms with E-state index >= 15 is 0 Å². The van der Waals surface area contributed by atoms with Crippen LogP contribution in [0.5, 0.6) is 0 Å². The van der Waals surface area contributed by atoms with Gasteiger partial charge in [-0.25, -0.2) is 9.50 Å². The minimum Gasteiger partial charge on any atom is -0.397 e. The molecule has 0 radical (unpaired) electrons. The molecule has 1 amide bonds. The lowest BCUT2D eigenvalue weighted by atomic mass is 9.94. The number of aromatic amines is 1. The van der Waals surface area contributed by atoms with Crippen molar-refractivity contribution in [2.45, 2.75) is 32.1 Å². The molecule has 3 N–H and O–H groups in total. The first-order valence-electron chi connectivity index (χ1n) is 9.16. The van der Waals surface area contributed by atoms with E-state index < -0.39 is 0 Å². The molecular formula is C19H22N6O2. The van der Waals surface area contributed by atoms with Gasteiger partial charge in [0.25, 0.3) is 11.5 Å². The van der Waals surface area contributed by atoms with E-state index in [-0.39, 0.29) is 17.4 Å². The third-order valence-electron chi connectivity index (χ3n) is 5.04. The van der Waals surface area contributed by atoms with Crippen LogP contribution in [-0.4, -0.2) is 43.5 Å². The summed E-state index contributed by atoms with van der Waals surface area (Å²) in [6.07, 6.45) is 5.62. The summed E-state index contributed by atoms with van der Waals surface area (Å²) >= 11 is 0. The summed E-state index contributed by atoms with van der Waals surface area (Å²) in [5.41, 5.74) is 8.93. The largest absolute Gasteiger partial charge is 0.397 e. The minimum absolute atomic E-state index is 0.0702. The SMILES string of the molecule is CCc1cc(=O)n2[nH]c([C@@H]3CCCN(C(=O)c4cncc(N)c4)C3)cc2n1. The number of carbonyl (C=O) groups excluding carboxylic acids is 1. The molecular weight excluding hydrogens is 344 g/mol. The van der Waals surface area contributed by atoms with Crippen LogP contribution in [0.3, 0.4) is 0 Å². The molecule has 0 unspecified atom stereocenters. The minimum atomic E-state index is -0.113. The number of anilines is 1. The van der Waals surface area contributed by atoms with E-state index in [1.165, 1.54) is 10.7 Å². The fourth-order valence-corrected chi connectivity index (χ4v) is 3.62. The number of nitrogens with zero attached hydrogens (tertiary/aromatic N) is 4. The number of aryl methyl sites for hydroxylation is 1. The molecule has 1 aliphatic heterocycles. The summed E-state index contributed by atoms with van der Waals surface area (Å²) in [4.78, 5) is 35.4. The van der Waals surface area contributed by atoms with Crippen molar-refractivity contribution in [3.05, 3.63) is 57.9 Å². The van der Waals surface area contributed by atoms with E-state index in [1.54, 1.807) is 18.3 Å². The number of piperidine rings is 1. The lowest BCUT2D eigenvalue weighted by Gasteiger charge is -2.32. The Bertz CT molecular complexity index is 1050. The highest BCUT2D eigenvalue weighted by Crippen LogP contribution is 2.27. The summed E-state index contributed by atoms with van der Waals surface area (Å²) in [6, 6.07) is 5.12. The Kier molecular flexibility index (Phi) is 4.39. The van der Waals surface area contributed by atoms with Crippen LogP contribution in [0.2, 0.25) is 0 Å². The fraction of sp³-hybridized carbons (Fsp3) is 0.368. The standard InChI is InChI=1S/C19H22N6O2/c1-2-15-7-18(26)25-17(22-15)8-16(23-25)12-4-3-5-24(11-12)19(27)13-6-14(20)10-21-9-13/h6-10,12,23H,2-5,11,20H2,1H3/t12-/m1/s1. The molecule has 0 aliphatic carbocycles. The van der Waals surface area contributed by atoms with Crippen molar-refractivity contribution >= 4 is 17.2 Å². The molecule has 8 heteroatoms. The molecule has 4 rings (SSSR count). The van der Waals surface area contributed by atoms with Crippen molar-refractivity contribution < 1.29 is 4.79 Å². The lowest BCUT2D eigenvalue weighted by molar-refractivity contribution is 0.0705. The van der Waals surface area contributed by atoms with Gasteiger partial charge in [0.05, 0.1) is 11.3 Å². The van der Waals surface area contributed by atoms with E-state index in [4.69, 9.17) is 5.73 Å². The predicted octanol–water partition coefficient (Wildman–Crippen LogP) is 1.58. The zero-order valence-electron chi connectivity index (χ0n) is 15.2. The second-order valence-corrected chi connectivity index (χ2v) is 6.94. The Balaban J connectivity index is 1.59. The quantitative estimate of drug-likeness (QED) is 0.731. The Morgan fingerprint density at radius 1 is 1.33 bits per heavy atom. The van der Waals surface area contributed by atoms with Crippen LogP contribution in [-0.2, 0) is 6.42 Å². The molecule has 8 nitrogen and oxygen atoms in total. The maximum atomic E-state index is 12.8. The molecule has 4 heterocycles. The van der Waals surface area contributed by atoms with E-state index in [0.717, 1.165) is 24.2 Å². The smallest absolute Gasteiger partial charge is 0.272 e. The molecule has 3 aromatic heterocycles. The number of fused-ring (bicyclic) bond motifs is 1. The summed E-state index contributed by atoms with van der Waals surface area (Å²) in [6.45, 7) is 3.25. The fourth-order valence-electron chi connectivity index (χ4n) is 3.62. The van der Waals surface area contributed by atoms with E-state index in [9.17, 15) is 9.59 Å². The number of hydrogen-bond donors (Lipinski definition) is 2. The first kappa shape index (κ1) is 17.3. The Labute approximate surface area is 156 Å². The first-order valence-corrected chi connectivity index (χ1v) is 9.16. The number of aromatic nitrogens is 4. The molecule has 1 fully saturated rings. The van der Waals surface area contributed by atoms with Gasteiger partial charge >= 0.3 is 0 Å². The lowest BCUT2D eigenvalue weighted by Crippen LogP contribution is -2.39. The van der Waals surface area contributed by atoms with Gasteiger partial charge in [0.1, 0.15) is 0 Å². The number of H-pyrrole nitrogens is 1. The molecule has 0 saturated carbocycles. The molecule has 0 aromatic carbocycles. The number of nitrogens with two attached hydrogens (primary N) is 1. The third kappa shape index (κ3) is 3.30. The molecule has 1 saturated heterocycles. The Morgan fingerprint density at radius 2 is 2.19 bits per heavy atom. The molecule has 0 spiro atoms. The van der Waals surface area contributed by atoms with Gasteiger partial charge in [-0.15, -0.1) is 0 Å². The summed E-state index contributed by atoms with van der Waals surface area (Å²) in [5.74, 6) is 0.0575. The van der Waals surface area contributed by atoms with Crippen molar-refractivity contribution in [2.75, 3.05) is 18.8 Å². The second kappa shape index (κ2) is 6.86. The normalized spacial score (nSPS) is 17.4. The molecule has 1 atom stereocenters. The summed E-state index contributed by atoms with van der Waals surface area (Å²) in [5, 5.41) is 3.16. The van der Waals surface area contributed by atoms with Crippen molar-refractivity contribution in [3.8, 4) is 0 Å². The Morgan fingerprint density at radius 3 is 2.96 bits per heavy atom. The maximum Gasteiger partial charge on any atom is 0.272 e. The number of carbonyl (C=O) groups is 1. The second-order valence-electron chi connectivity index (χ2n) is 6.94. The number of hydrogen-bond acceptors (Lipinski definition) is 5. The van der Waals surface area contributed by atoms with Gasteiger partial charge in [0.2, 0.25) is 0 Å². The molecule has 0 bridgehead atoms. The predicted molar refractivity (Wildman–Crippen MR) is 102 cm³/mol. The Hall–Kier alpha value is -3.16. The van der Waals surface area contributed by atoms with Gasteiger partial charge in [0.15, 0.2) is 5.65 Å². The van der Waals surface area contributed by atoms with Gasteiger partial charge in [-0.3, -0.25) is 19.7 Å². The van der Waals surface area contributed by atoms with Crippen LogP contribution in [0, 0.1) is 0 Å². The maximum absolute atomic E-state index is 12.8. The average molecular weight is 366 g/mol. The zero-order valence-corrected chi connectivity index (χ0v) is 15.2. The number of likely N-dealkylation sites (tertiary alicyclic amines) is 1. The van der Waals surface area contributed by atoms with Gasteiger partial charge in [-0.05, 0) is 25.3 Å². The van der Waals surface area contributed by atoms with Crippen LogP contribution >= 0.6 is 0 Å². The van der Waals surface area contributed by atoms with Gasteiger partial charge < -0.3 is 10.6 Å². The topological polar surface area (TPSA) is 109 Å². The van der Waals surface area contributed by atoms with Crippen LogP contribution in [0.1, 0.15) is 47.4 Å². The van der Waals surface area contributed by atoms with Gasteiger partial charge in [-0.2, -0.15) is 0 Å². The summed E-state index contributed by atoms with van der Waals surface area (Å²) in [7, 11) is 0. The zero-order chi connectivity index (χ0) is 19.0. The number of rotatable bonds is 3. The highest BCUT2D eigenvalue weighted by molar-refractivity contribution is 5.94. The third-order valence-corrected chi connectivity index (χ3v) is 5.04. The molecule has 140 valence electrons. The molecule has 3 aromatic rings. The van der Waals surface area contributed by atoms with Crippen LogP contribution in [0.4, 0.5) is 5.69 Å². The number of amides is 1. The van der Waals surface area contributed by atoms with E-state index in [0.29, 0.717) is 36.4 Å². The number of pyridine rings is 1. The van der Waals surface area contributed by atoms with Crippen LogP contribution in [0.25, 0.3) is 5.65 Å². The van der Waals surface area contributed by atoms with Crippen LogP contribution < -0.4 is 11.3 Å². The van der Waals surface area contributed by atoms with Gasteiger partial charge in [0, 0.05) is 54.9 Å². The van der Waals surface area contributed by atoms with Crippen molar-refractivity contribution in [1.29, 1.82) is 0 Å². The number of nitrogens with one attached hydrogen (secondary N) is 1. The monoisotopic (exact) mass is 366 g/mol. The van der Waals surface area contributed by atoms with Crippen LogP contribution in [0.15, 0.2) is 35.4 Å². The van der Waals surface area contributed by atoms with E-state index in [1.807, 2.05) is 17.9 Å². The summed E-state index contributed by atoms with van der Waals surface area (Å²) < 4.78 is 1.47. The highest BCUT2D eigenvalue weighted by atomic mass is 16.2. The van der Waals surface area contributed by atoms with Crippen molar-refractivity contribution in [2.24, 2.45) is 0 Å². The van der Waals surface area contributed by atoms with Crippen molar-refractivity contribution in [3.63, 3.8) is 0 Å². The highest BCUT2D eigenvalue weighted by Gasteiger charge is 2.27. The van der Waals surface area contributed by atoms with Gasteiger partial charge in [-0.1, -0.05) is 6.92 Å².